The van der Waals surface area contributed by atoms with Crippen molar-refractivity contribution in [2.24, 2.45) is 0 Å². The van der Waals surface area contributed by atoms with Gasteiger partial charge in [0.2, 0.25) is 5.95 Å². The highest BCUT2D eigenvalue weighted by Gasteiger charge is 2.08. The van der Waals surface area contributed by atoms with Crippen LogP contribution in [0.5, 0.6) is 0 Å². The number of hydrogen-bond acceptors (Lipinski definition) is 5. The van der Waals surface area contributed by atoms with Gasteiger partial charge in [-0.3, -0.25) is 4.79 Å². The van der Waals surface area contributed by atoms with Crippen molar-refractivity contribution in [3.05, 3.63) is 54.9 Å². The number of benzene rings is 1. The highest BCUT2D eigenvalue weighted by Crippen LogP contribution is 2.19. The van der Waals surface area contributed by atoms with Gasteiger partial charge in [0.05, 0.1) is 0 Å². The highest BCUT2D eigenvalue weighted by atomic mass is 16.1. The first-order valence-electron chi connectivity index (χ1n) is 8.02. The van der Waals surface area contributed by atoms with E-state index < -0.39 is 0 Å². The fraction of sp³-hybridized carbons (Fsp3) is 0.278. The third-order valence-electron chi connectivity index (χ3n) is 3.55. The molecule has 0 radical (unpaired) electrons. The van der Waals surface area contributed by atoms with Gasteiger partial charge in [-0.15, -0.1) is 6.58 Å². The third-order valence-corrected chi connectivity index (χ3v) is 3.55. The first-order valence-corrected chi connectivity index (χ1v) is 8.02. The monoisotopic (exact) mass is 325 g/mol. The summed E-state index contributed by atoms with van der Waals surface area (Å²) < 4.78 is 0. The summed E-state index contributed by atoms with van der Waals surface area (Å²) in [5.41, 5.74) is 2.35. The molecule has 0 spiro atoms. The second-order valence-electron chi connectivity index (χ2n) is 5.11. The summed E-state index contributed by atoms with van der Waals surface area (Å²) in [6.07, 6.45) is 3.18. The van der Waals surface area contributed by atoms with Gasteiger partial charge in [-0.25, -0.2) is 9.97 Å². The Hall–Kier alpha value is -2.89. The SMILES string of the molecule is C=CCNC(=O)c1ccnc(Nc2ccc(N(CC)CC)cc2)n1. The fourth-order valence-electron chi connectivity index (χ4n) is 2.27. The van der Waals surface area contributed by atoms with Crippen molar-refractivity contribution in [2.45, 2.75) is 13.8 Å². The molecule has 2 rings (SSSR count). The summed E-state index contributed by atoms with van der Waals surface area (Å²) in [4.78, 5) is 22.6. The van der Waals surface area contributed by atoms with Gasteiger partial charge < -0.3 is 15.5 Å². The lowest BCUT2D eigenvalue weighted by Gasteiger charge is -2.21. The van der Waals surface area contributed by atoms with E-state index in [4.69, 9.17) is 0 Å². The zero-order valence-corrected chi connectivity index (χ0v) is 14.1. The zero-order valence-electron chi connectivity index (χ0n) is 14.1. The number of carbonyl (C=O) groups is 1. The number of amides is 1. The molecule has 126 valence electrons. The van der Waals surface area contributed by atoms with Crippen molar-refractivity contribution in [1.82, 2.24) is 15.3 Å². The predicted octanol–water partition coefficient (Wildman–Crippen LogP) is 2.98. The number of rotatable bonds is 8. The minimum Gasteiger partial charge on any atom is -0.372 e. The largest absolute Gasteiger partial charge is 0.372 e. The van der Waals surface area contributed by atoms with E-state index in [1.165, 1.54) is 5.69 Å². The summed E-state index contributed by atoms with van der Waals surface area (Å²) in [6, 6.07) is 9.63. The molecular weight excluding hydrogens is 302 g/mol. The first kappa shape index (κ1) is 17.5. The average Bonchev–Trinajstić information content (AvgIpc) is 2.62. The van der Waals surface area contributed by atoms with Crippen LogP contribution in [0.4, 0.5) is 17.3 Å². The number of nitrogens with zero attached hydrogens (tertiary/aromatic N) is 3. The molecule has 6 heteroatoms. The number of hydrogen-bond donors (Lipinski definition) is 2. The molecule has 1 amide bonds. The molecule has 0 saturated carbocycles. The lowest BCUT2D eigenvalue weighted by Crippen LogP contribution is -2.24. The molecule has 0 aliphatic carbocycles. The van der Waals surface area contributed by atoms with Crippen molar-refractivity contribution in [1.29, 1.82) is 0 Å². The molecule has 0 saturated heterocycles. The Labute approximate surface area is 142 Å². The fourth-order valence-corrected chi connectivity index (χ4v) is 2.27. The van der Waals surface area contributed by atoms with Crippen molar-refractivity contribution in [2.75, 3.05) is 29.9 Å². The van der Waals surface area contributed by atoms with Gasteiger partial charge in [0.25, 0.3) is 5.91 Å². The van der Waals surface area contributed by atoms with E-state index in [2.05, 4.69) is 58.1 Å². The molecule has 0 atom stereocenters. The Morgan fingerprint density at radius 1 is 1.21 bits per heavy atom. The number of nitrogens with one attached hydrogen (secondary N) is 2. The summed E-state index contributed by atoms with van der Waals surface area (Å²) in [7, 11) is 0. The highest BCUT2D eigenvalue weighted by molar-refractivity contribution is 5.92. The maximum atomic E-state index is 11.9. The maximum Gasteiger partial charge on any atom is 0.270 e. The van der Waals surface area contributed by atoms with Gasteiger partial charge in [-0.2, -0.15) is 0 Å². The smallest absolute Gasteiger partial charge is 0.270 e. The van der Waals surface area contributed by atoms with Crippen LogP contribution in [0.3, 0.4) is 0 Å². The lowest BCUT2D eigenvalue weighted by atomic mass is 10.2. The molecule has 1 heterocycles. The van der Waals surface area contributed by atoms with E-state index in [1.807, 2.05) is 12.1 Å². The van der Waals surface area contributed by atoms with Gasteiger partial charge in [-0.05, 0) is 44.2 Å². The van der Waals surface area contributed by atoms with Crippen LogP contribution in [0.2, 0.25) is 0 Å². The Morgan fingerprint density at radius 2 is 1.92 bits per heavy atom. The number of anilines is 3. The molecule has 2 N–H and O–H groups in total. The van der Waals surface area contributed by atoms with Gasteiger partial charge in [0.1, 0.15) is 5.69 Å². The minimum absolute atomic E-state index is 0.253. The molecule has 24 heavy (non-hydrogen) atoms. The van der Waals surface area contributed by atoms with Crippen LogP contribution in [0.25, 0.3) is 0 Å². The van der Waals surface area contributed by atoms with E-state index in [9.17, 15) is 4.79 Å². The van der Waals surface area contributed by atoms with E-state index in [0.717, 1.165) is 18.8 Å². The molecule has 0 aliphatic heterocycles. The van der Waals surface area contributed by atoms with Crippen LogP contribution in [0.1, 0.15) is 24.3 Å². The third kappa shape index (κ3) is 4.55. The molecule has 6 nitrogen and oxygen atoms in total. The van der Waals surface area contributed by atoms with Crippen LogP contribution < -0.4 is 15.5 Å². The zero-order chi connectivity index (χ0) is 17.4. The molecule has 0 unspecified atom stereocenters. The first-order chi connectivity index (χ1) is 11.7. The lowest BCUT2D eigenvalue weighted by molar-refractivity contribution is 0.0953. The minimum atomic E-state index is -0.253. The molecule has 0 fully saturated rings. The van der Waals surface area contributed by atoms with Gasteiger partial charge in [-0.1, -0.05) is 6.08 Å². The van der Waals surface area contributed by atoms with Crippen molar-refractivity contribution < 1.29 is 4.79 Å². The van der Waals surface area contributed by atoms with E-state index >= 15 is 0 Å². The molecule has 0 aliphatic rings. The number of aromatic nitrogens is 2. The summed E-state index contributed by atoms with van der Waals surface area (Å²) in [5, 5.41) is 5.81. The topological polar surface area (TPSA) is 70.2 Å². The molecule has 1 aromatic carbocycles. The predicted molar refractivity (Wildman–Crippen MR) is 97.8 cm³/mol. The Balaban J connectivity index is 2.08. The van der Waals surface area contributed by atoms with Crippen molar-refractivity contribution in [3.63, 3.8) is 0 Å². The van der Waals surface area contributed by atoms with E-state index in [1.54, 1.807) is 18.3 Å². The molecular formula is C18H23N5O. The van der Waals surface area contributed by atoms with E-state index in [-0.39, 0.29) is 5.91 Å². The Bertz CT molecular complexity index is 680. The second kappa shape index (κ2) is 8.67. The molecule has 0 bridgehead atoms. The van der Waals surface area contributed by atoms with Crippen LogP contribution in [-0.2, 0) is 0 Å². The van der Waals surface area contributed by atoms with Gasteiger partial charge in [0, 0.05) is 37.2 Å². The standard InChI is InChI=1S/C18H23N5O/c1-4-12-19-17(24)16-11-13-20-18(22-16)21-14-7-9-15(10-8-14)23(5-2)6-3/h4,7-11,13H,1,5-6,12H2,2-3H3,(H,19,24)(H,20,21,22). The van der Waals surface area contributed by atoms with Crippen LogP contribution >= 0.6 is 0 Å². The molecule has 2 aromatic rings. The van der Waals surface area contributed by atoms with Crippen molar-refractivity contribution in [3.8, 4) is 0 Å². The second-order valence-corrected chi connectivity index (χ2v) is 5.11. The quantitative estimate of drug-likeness (QED) is 0.730. The Kier molecular flexibility index (Phi) is 6.31. The average molecular weight is 325 g/mol. The Morgan fingerprint density at radius 3 is 2.54 bits per heavy atom. The van der Waals surface area contributed by atoms with Gasteiger partial charge in [0.15, 0.2) is 0 Å². The van der Waals surface area contributed by atoms with Gasteiger partial charge >= 0.3 is 0 Å². The summed E-state index contributed by atoms with van der Waals surface area (Å²) in [5.74, 6) is 0.133. The van der Waals surface area contributed by atoms with Crippen molar-refractivity contribution >= 4 is 23.2 Å². The van der Waals surface area contributed by atoms with Crippen LogP contribution in [0.15, 0.2) is 49.2 Å². The molecule has 1 aromatic heterocycles. The normalized spacial score (nSPS) is 10.1. The van der Waals surface area contributed by atoms with Crippen LogP contribution in [-0.4, -0.2) is 35.5 Å². The maximum absolute atomic E-state index is 11.9. The summed E-state index contributed by atoms with van der Waals surface area (Å²) >= 11 is 0. The number of carbonyl (C=O) groups excluding carboxylic acids is 1. The van der Waals surface area contributed by atoms with Crippen LogP contribution in [0, 0.1) is 0 Å². The van der Waals surface area contributed by atoms with E-state index in [0.29, 0.717) is 18.2 Å². The summed E-state index contributed by atoms with van der Waals surface area (Å²) in [6.45, 7) is 10.2.